The highest BCUT2D eigenvalue weighted by atomic mass is 15.3. The number of benzene rings is 2. The fourth-order valence-electron chi connectivity index (χ4n) is 4.86. The molecule has 3 aromatic heterocycles. The van der Waals surface area contributed by atoms with Crippen molar-refractivity contribution in [2.24, 2.45) is 0 Å². The van der Waals surface area contributed by atoms with Crippen molar-refractivity contribution < 1.29 is 0 Å². The van der Waals surface area contributed by atoms with E-state index in [9.17, 15) is 0 Å². The average Bonchev–Trinajstić information content (AvgIpc) is 3.42. The van der Waals surface area contributed by atoms with Crippen LogP contribution in [0.5, 0.6) is 0 Å². The molecule has 1 aliphatic rings. The third kappa shape index (κ3) is 3.01. The Morgan fingerprint density at radius 1 is 1.03 bits per heavy atom. The van der Waals surface area contributed by atoms with Gasteiger partial charge in [0, 0.05) is 23.1 Å². The predicted molar refractivity (Wildman–Crippen MR) is 123 cm³/mol. The van der Waals surface area contributed by atoms with Gasteiger partial charge in [-0.3, -0.25) is 0 Å². The molecule has 0 aliphatic carbocycles. The Bertz CT molecular complexity index is 1370. The number of fused-ring (bicyclic) bond motifs is 4. The van der Waals surface area contributed by atoms with E-state index in [0.29, 0.717) is 5.65 Å². The number of hydrogen-bond acceptors (Lipinski definition) is 5. The number of rotatable bonds is 4. The minimum Gasteiger partial charge on any atom is -0.368 e. The molecule has 0 saturated carbocycles. The van der Waals surface area contributed by atoms with Crippen LogP contribution in [0.1, 0.15) is 29.3 Å². The molecule has 5 aromatic rings. The number of aromatic nitrogens is 5. The van der Waals surface area contributed by atoms with Crippen LogP contribution in [0.3, 0.4) is 0 Å². The van der Waals surface area contributed by atoms with E-state index in [-0.39, 0.29) is 12.0 Å². The van der Waals surface area contributed by atoms with E-state index >= 15 is 0 Å². The van der Waals surface area contributed by atoms with Gasteiger partial charge in [0.2, 0.25) is 5.95 Å². The van der Waals surface area contributed by atoms with Gasteiger partial charge in [-0.05, 0) is 36.5 Å². The summed E-state index contributed by atoms with van der Waals surface area (Å²) in [7, 11) is 0. The molecule has 0 spiro atoms. The first-order valence-electron chi connectivity index (χ1n) is 10.6. The Morgan fingerprint density at radius 3 is 2.77 bits per heavy atom. The molecule has 1 atom stereocenters. The highest BCUT2D eigenvalue weighted by Crippen LogP contribution is 2.40. The normalized spacial score (nSPS) is 16.1. The number of aromatic amines is 2. The van der Waals surface area contributed by atoms with Crippen LogP contribution >= 0.6 is 0 Å². The number of nitrogens with zero attached hydrogens (tertiary/aromatic N) is 4. The van der Waals surface area contributed by atoms with Crippen LogP contribution < -0.4 is 10.6 Å². The summed E-state index contributed by atoms with van der Waals surface area (Å²) in [6.07, 6.45) is 4.53. The molecule has 0 radical (unpaired) electrons. The van der Waals surface area contributed by atoms with Crippen molar-refractivity contribution in [3.63, 3.8) is 0 Å². The Morgan fingerprint density at radius 2 is 1.87 bits per heavy atom. The molecule has 4 heterocycles. The predicted octanol–water partition coefficient (Wildman–Crippen LogP) is 4.15. The van der Waals surface area contributed by atoms with Crippen LogP contribution in [0.25, 0.3) is 22.1 Å². The molecule has 0 bridgehead atoms. The second kappa shape index (κ2) is 7.12. The Hall–Kier alpha value is -3.87. The lowest BCUT2D eigenvalue weighted by Gasteiger charge is -2.37. The molecule has 1 aliphatic heterocycles. The SMILES string of the molecule is Nc1nc(N2CCc3c([nH]c4ccccc34)C2CCc2ccccc2)c2nc[nH]c2n1. The third-order valence-corrected chi connectivity index (χ3v) is 6.26. The molecule has 7 nitrogen and oxygen atoms in total. The molecule has 0 amide bonds. The maximum atomic E-state index is 6.05. The van der Waals surface area contributed by atoms with Crippen molar-refractivity contribution >= 4 is 33.8 Å². The van der Waals surface area contributed by atoms with Crippen molar-refractivity contribution in [2.45, 2.75) is 25.3 Å². The Kier molecular flexibility index (Phi) is 4.12. The lowest BCUT2D eigenvalue weighted by atomic mass is 9.93. The lowest BCUT2D eigenvalue weighted by Crippen LogP contribution is -2.36. The fourth-order valence-corrected chi connectivity index (χ4v) is 4.86. The topological polar surface area (TPSA) is 99.5 Å². The number of anilines is 2. The molecule has 1 unspecified atom stereocenters. The van der Waals surface area contributed by atoms with Crippen molar-refractivity contribution in [1.82, 2.24) is 24.9 Å². The number of nitrogen functional groups attached to an aromatic ring is 1. The number of imidazole rings is 1. The minimum absolute atomic E-state index is 0.144. The van der Waals surface area contributed by atoms with E-state index in [0.717, 1.165) is 37.1 Å². The quantitative estimate of drug-likeness (QED) is 0.414. The molecule has 154 valence electrons. The van der Waals surface area contributed by atoms with E-state index < -0.39 is 0 Å². The van der Waals surface area contributed by atoms with Crippen LogP contribution in [-0.4, -0.2) is 31.5 Å². The maximum absolute atomic E-state index is 6.05. The second-order valence-electron chi connectivity index (χ2n) is 8.05. The van der Waals surface area contributed by atoms with Gasteiger partial charge in [0.15, 0.2) is 17.0 Å². The zero-order valence-corrected chi connectivity index (χ0v) is 17.0. The molecule has 0 fully saturated rings. The standard InChI is InChI=1S/C24H23N7/c25-24-29-22-21(26-14-27-22)23(30-24)31-13-12-17-16-8-4-5-9-18(16)28-20(17)19(31)11-10-15-6-2-1-3-7-15/h1-9,14,19,28H,10-13H2,(H3,25,26,27,29,30). The molecule has 31 heavy (non-hydrogen) atoms. The molecule has 0 saturated heterocycles. The number of hydrogen-bond donors (Lipinski definition) is 3. The summed E-state index contributed by atoms with van der Waals surface area (Å²) in [5, 5.41) is 1.31. The lowest BCUT2D eigenvalue weighted by molar-refractivity contribution is 0.533. The smallest absolute Gasteiger partial charge is 0.224 e. The zero-order chi connectivity index (χ0) is 20.8. The molecular formula is C24H23N7. The number of nitrogens with one attached hydrogen (secondary N) is 2. The van der Waals surface area contributed by atoms with Crippen LogP contribution in [0, 0.1) is 0 Å². The summed E-state index contributed by atoms with van der Waals surface area (Å²) in [4.78, 5) is 22.6. The van der Waals surface area contributed by atoms with Gasteiger partial charge >= 0.3 is 0 Å². The molecule has 2 aromatic carbocycles. The van der Waals surface area contributed by atoms with Crippen LogP contribution in [0.2, 0.25) is 0 Å². The maximum Gasteiger partial charge on any atom is 0.224 e. The molecule has 4 N–H and O–H groups in total. The fraction of sp³-hybridized carbons (Fsp3) is 0.208. The summed E-state index contributed by atoms with van der Waals surface area (Å²) in [6.45, 7) is 0.854. The number of H-pyrrole nitrogens is 2. The van der Waals surface area contributed by atoms with Gasteiger partial charge in [-0.25, -0.2) is 4.98 Å². The first-order valence-corrected chi connectivity index (χ1v) is 10.6. The first-order chi connectivity index (χ1) is 15.3. The van der Waals surface area contributed by atoms with Crippen LogP contribution in [-0.2, 0) is 12.8 Å². The Balaban J connectivity index is 1.47. The number of para-hydroxylation sites is 1. The molecular weight excluding hydrogens is 386 g/mol. The summed E-state index contributed by atoms with van der Waals surface area (Å²) in [5.74, 6) is 1.06. The van der Waals surface area contributed by atoms with Gasteiger partial charge in [-0.15, -0.1) is 0 Å². The van der Waals surface area contributed by atoms with Gasteiger partial charge < -0.3 is 20.6 Å². The Labute approximate surface area is 179 Å². The summed E-state index contributed by atoms with van der Waals surface area (Å²) in [6, 6.07) is 19.3. The first kappa shape index (κ1) is 17.9. The largest absolute Gasteiger partial charge is 0.368 e. The van der Waals surface area contributed by atoms with Gasteiger partial charge in [0.25, 0.3) is 0 Å². The average molecular weight is 409 g/mol. The summed E-state index contributed by atoms with van der Waals surface area (Å²) in [5.41, 5.74) is 12.7. The number of aryl methyl sites for hydroxylation is 1. The van der Waals surface area contributed by atoms with Gasteiger partial charge in [0.05, 0.1) is 12.4 Å². The van der Waals surface area contributed by atoms with Crippen LogP contribution in [0.4, 0.5) is 11.8 Å². The summed E-state index contributed by atoms with van der Waals surface area (Å²) >= 11 is 0. The molecule has 6 rings (SSSR count). The zero-order valence-electron chi connectivity index (χ0n) is 17.0. The van der Waals surface area contributed by atoms with E-state index in [2.05, 4.69) is 84.4 Å². The van der Waals surface area contributed by atoms with E-state index in [1.54, 1.807) is 6.33 Å². The van der Waals surface area contributed by atoms with Crippen LogP contribution in [0.15, 0.2) is 60.9 Å². The van der Waals surface area contributed by atoms with Gasteiger partial charge in [0.1, 0.15) is 0 Å². The van der Waals surface area contributed by atoms with Crippen molar-refractivity contribution in [3.05, 3.63) is 77.7 Å². The van der Waals surface area contributed by atoms with E-state index in [1.165, 1.54) is 27.7 Å². The van der Waals surface area contributed by atoms with Crippen molar-refractivity contribution in [3.8, 4) is 0 Å². The monoisotopic (exact) mass is 409 g/mol. The highest BCUT2D eigenvalue weighted by molar-refractivity contribution is 5.87. The van der Waals surface area contributed by atoms with Crippen molar-refractivity contribution in [2.75, 3.05) is 17.2 Å². The summed E-state index contributed by atoms with van der Waals surface area (Å²) < 4.78 is 0. The van der Waals surface area contributed by atoms with Crippen molar-refractivity contribution in [1.29, 1.82) is 0 Å². The van der Waals surface area contributed by atoms with Gasteiger partial charge in [-0.1, -0.05) is 48.5 Å². The molecule has 7 heteroatoms. The van der Waals surface area contributed by atoms with E-state index in [4.69, 9.17) is 5.73 Å². The number of nitrogens with two attached hydrogens (primary N) is 1. The van der Waals surface area contributed by atoms with E-state index in [1.807, 2.05) is 0 Å². The highest BCUT2D eigenvalue weighted by Gasteiger charge is 2.32. The second-order valence-corrected chi connectivity index (χ2v) is 8.05. The third-order valence-electron chi connectivity index (χ3n) is 6.26. The van der Waals surface area contributed by atoms with Gasteiger partial charge in [-0.2, -0.15) is 9.97 Å². The minimum atomic E-state index is 0.144.